The van der Waals surface area contributed by atoms with E-state index in [9.17, 15) is 0 Å². The minimum Gasteiger partial charge on any atom is -0.491 e. The number of hydrogen-bond donors (Lipinski definition) is 0. The van der Waals surface area contributed by atoms with Crippen LogP contribution in [0.5, 0.6) is 5.75 Å². The molecule has 0 radical (unpaired) electrons. The molecular weight excluding hydrogens is 228 g/mol. The molecule has 18 heavy (non-hydrogen) atoms. The van der Waals surface area contributed by atoms with Gasteiger partial charge in [-0.05, 0) is 11.5 Å². The van der Waals surface area contributed by atoms with E-state index in [-0.39, 0.29) is 0 Å². The zero-order valence-corrected chi connectivity index (χ0v) is 10.2. The number of fused-ring (bicyclic) bond motifs is 1. The third-order valence-corrected chi connectivity index (χ3v) is 2.94. The molecule has 2 aromatic carbocycles. The first-order valence-corrected chi connectivity index (χ1v) is 6.23. The Morgan fingerprint density at radius 2 is 1.89 bits per heavy atom. The molecule has 1 aliphatic rings. The van der Waals surface area contributed by atoms with Gasteiger partial charge in [-0.15, -0.1) is 0 Å². The van der Waals surface area contributed by atoms with Crippen molar-refractivity contribution in [3.63, 3.8) is 0 Å². The molecule has 0 aromatic heterocycles. The smallest absolute Gasteiger partial charge is 0.127 e. The molecule has 3 nitrogen and oxygen atoms in total. The standard InChI is InChI=1S/C15H16O3/c1-2-6-14-12(4-1)5-3-7-15(14)17-9-8-16-10-13-11-18-13/h1-7,13H,8-11H2. The first-order chi connectivity index (χ1) is 8.93. The highest BCUT2D eigenvalue weighted by Crippen LogP contribution is 2.24. The highest BCUT2D eigenvalue weighted by molar-refractivity contribution is 5.88. The lowest BCUT2D eigenvalue weighted by atomic mass is 10.1. The quantitative estimate of drug-likeness (QED) is 0.578. The Bertz CT molecular complexity index is 515. The van der Waals surface area contributed by atoms with Crippen LogP contribution in [0.15, 0.2) is 42.5 Å². The largest absolute Gasteiger partial charge is 0.491 e. The van der Waals surface area contributed by atoms with Gasteiger partial charge in [0.25, 0.3) is 0 Å². The van der Waals surface area contributed by atoms with Gasteiger partial charge in [-0.25, -0.2) is 0 Å². The van der Waals surface area contributed by atoms with Crippen molar-refractivity contribution in [1.82, 2.24) is 0 Å². The van der Waals surface area contributed by atoms with Crippen LogP contribution in [0.2, 0.25) is 0 Å². The van der Waals surface area contributed by atoms with Crippen LogP contribution in [0.25, 0.3) is 10.8 Å². The molecule has 3 heteroatoms. The van der Waals surface area contributed by atoms with E-state index in [1.54, 1.807) is 0 Å². The predicted molar refractivity (Wildman–Crippen MR) is 70.0 cm³/mol. The molecule has 0 bridgehead atoms. The van der Waals surface area contributed by atoms with E-state index in [4.69, 9.17) is 14.2 Å². The van der Waals surface area contributed by atoms with E-state index in [1.165, 1.54) is 5.39 Å². The van der Waals surface area contributed by atoms with Gasteiger partial charge in [-0.2, -0.15) is 0 Å². The summed E-state index contributed by atoms with van der Waals surface area (Å²) in [7, 11) is 0. The molecule has 1 unspecified atom stereocenters. The molecular formula is C15H16O3. The predicted octanol–water partition coefficient (Wildman–Crippen LogP) is 2.63. The summed E-state index contributed by atoms with van der Waals surface area (Å²) in [6.45, 7) is 2.69. The molecule has 0 amide bonds. The summed E-state index contributed by atoms with van der Waals surface area (Å²) >= 11 is 0. The average Bonchev–Trinajstić information content (AvgIpc) is 3.23. The zero-order chi connectivity index (χ0) is 12.2. The maximum atomic E-state index is 5.76. The van der Waals surface area contributed by atoms with Gasteiger partial charge in [-0.3, -0.25) is 0 Å². The van der Waals surface area contributed by atoms with Crippen LogP contribution >= 0.6 is 0 Å². The summed E-state index contributed by atoms with van der Waals surface area (Å²) in [6, 6.07) is 14.3. The van der Waals surface area contributed by atoms with Crippen molar-refractivity contribution in [2.24, 2.45) is 0 Å². The summed E-state index contributed by atoms with van der Waals surface area (Å²) in [5, 5.41) is 2.34. The van der Waals surface area contributed by atoms with Gasteiger partial charge >= 0.3 is 0 Å². The number of rotatable bonds is 6. The van der Waals surface area contributed by atoms with E-state index in [1.807, 2.05) is 24.3 Å². The fraction of sp³-hybridized carbons (Fsp3) is 0.333. The molecule has 0 aliphatic carbocycles. The molecule has 1 atom stereocenters. The number of ether oxygens (including phenoxy) is 3. The van der Waals surface area contributed by atoms with Crippen molar-refractivity contribution in [2.75, 3.05) is 26.4 Å². The lowest BCUT2D eigenvalue weighted by Crippen LogP contribution is -2.10. The topological polar surface area (TPSA) is 31.0 Å². The molecule has 0 saturated carbocycles. The maximum Gasteiger partial charge on any atom is 0.127 e. The first-order valence-electron chi connectivity index (χ1n) is 6.23. The van der Waals surface area contributed by atoms with Gasteiger partial charge in [0.15, 0.2) is 0 Å². The number of epoxide rings is 1. The zero-order valence-electron chi connectivity index (χ0n) is 10.2. The molecule has 1 saturated heterocycles. The third-order valence-electron chi connectivity index (χ3n) is 2.94. The van der Waals surface area contributed by atoms with E-state index in [2.05, 4.69) is 18.2 Å². The molecule has 0 N–H and O–H groups in total. The van der Waals surface area contributed by atoms with E-state index in [0.29, 0.717) is 25.9 Å². The highest BCUT2D eigenvalue weighted by atomic mass is 16.6. The molecule has 94 valence electrons. The Morgan fingerprint density at radius 3 is 2.78 bits per heavy atom. The minimum absolute atomic E-state index is 0.322. The van der Waals surface area contributed by atoms with Gasteiger partial charge in [-0.1, -0.05) is 36.4 Å². The summed E-state index contributed by atoms with van der Waals surface area (Å²) in [6.07, 6.45) is 0.322. The van der Waals surface area contributed by atoms with Crippen LogP contribution in [0.1, 0.15) is 0 Å². The van der Waals surface area contributed by atoms with Crippen molar-refractivity contribution in [1.29, 1.82) is 0 Å². The van der Waals surface area contributed by atoms with Crippen LogP contribution in [-0.4, -0.2) is 32.5 Å². The Morgan fingerprint density at radius 1 is 1.06 bits per heavy atom. The van der Waals surface area contributed by atoms with Crippen molar-refractivity contribution >= 4 is 10.8 Å². The van der Waals surface area contributed by atoms with Crippen molar-refractivity contribution < 1.29 is 14.2 Å². The Kier molecular flexibility index (Phi) is 3.44. The maximum absolute atomic E-state index is 5.76. The summed E-state index contributed by atoms with van der Waals surface area (Å²) < 4.78 is 16.3. The second-order valence-corrected chi connectivity index (χ2v) is 4.36. The Balaban J connectivity index is 1.56. The van der Waals surface area contributed by atoms with Gasteiger partial charge in [0.1, 0.15) is 18.5 Å². The van der Waals surface area contributed by atoms with Crippen molar-refractivity contribution in [3.05, 3.63) is 42.5 Å². The SMILES string of the molecule is c1ccc2c(OCCOCC3CO3)cccc2c1. The summed E-state index contributed by atoms with van der Waals surface area (Å²) in [4.78, 5) is 0. The molecule has 1 heterocycles. The van der Waals surface area contributed by atoms with Crippen molar-refractivity contribution in [2.45, 2.75) is 6.10 Å². The van der Waals surface area contributed by atoms with E-state index < -0.39 is 0 Å². The molecule has 3 rings (SSSR count). The summed E-state index contributed by atoms with van der Waals surface area (Å²) in [5.41, 5.74) is 0. The van der Waals surface area contributed by atoms with E-state index >= 15 is 0 Å². The Hall–Kier alpha value is -1.58. The highest BCUT2D eigenvalue weighted by Gasteiger charge is 2.21. The molecule has 1 aliphatic heterocycles. The van der Waals surface area contributed by atoms with Crippen LogP contribution in [0.4, 0.5) is 0 Å². The molecule has 0 spiro atoms. The number of hydrogen-bond acceptors (Lipinski definition) is 3. The molecule has 1 fully saturated rings. The fourth-order valence-electron chi connectivity index (χ4n) is 1.91. The van der Waals surface area contributed by atoms with Crippen LogP contribution < -0.4 is 4.74 Å². The normalized spacial score (nSPS) is 17.9. The fourth-order valence-corrected chi connectivity index (χ4v) is 1.91. The van der Waals surface area contributed by atoms with Crippen LogP contribution in [0, 0.1) is 0 Å². The average molecular weight is 244 g/mol. The number of benzene rings is 2. The lowest BCUT2D eigenvalue weighted by molar-refractivity contribution is 0.0883. The van der Waals surface area contributed by atoms with E-state index in [0.717, 1.165) is 17.7 Å². The van der Waals surface area contributed by atoms with Gasteiger partial charge in [0.05, 0.1) is 19.8 Å². The second kappa shape index (κ2) is 5.38. The monoisotopic (exact) mass is 244 g/mol. The lowest BCUT2D eigenvalue weighted by Gasteiger charge is -2.09. The minimum atomic E-state index is 0.322. The van der Waals surface area contributed by atoms with Gasteiger partial charge in [0, 0.05) is 5.39 Å². The van der Waals surface area contributed by atoms with Crippen molar-refractivity contribution in [3.8, 4) is 5.75 Å². The Labute approximate surface area is 106 Å². The summed E-state index contributed by atoms with van der Waals surface area (Å²) in [5.74, 6) is 0.916. The molecule has 2 aromatic rings. The van der Waals surface area contributed by atoms with Crippen LogP contribution in [0.3, 0.4) is 0 Å². The first kappa shape index (κ1) is 11.5. The van der Waals surface area contributed by atoms with Gasteiger partial charge < -0.3 is 14.2 Å². The second-order valence-electron chi connectivity index (χ2n) is 4.36. The third kappa shape index (κ3) is 2.81. The van der Waals surface area contributed by atoms with Gasteiger partial charge in [0.2, 0.25) is 0 Å². The van der Waals surface area contributed by atoms with Crippen LogP contribution in [-0.2, 0) is 9.47 Å².